The number of hydrazone groups is 1. The van der Waals surface area contributed by atoms with E-state index in [1.807, 2.05) is 54.6 Å². The van der Waals surface area contributed by atoms with Crippen molar-refractivity contribution in [2.45, 2.75) is 6.42 Å². The summed E-state index contributed by atoms with van der Waals surface area (Å²) in [5.74, 6) is 0.482. The lowest BCUT2D eigenvalue weighted by Gasteiger charge is -2.02. The van der Waals surface area contributed by atoms with Gasteiger partial charge in [-0.1, -0.05) is 42.5 Å². The van der Waals surface area contributed by atoms with E-state index in [0.29, 0.717) is 5.75 Å². The summed E-state index contributed by atoms with van der Waals surface area (Å²) in [6.07, 6.45) is 4.82. The second-order valence-electron chi connectivity index (χ2n) is 6.55. The summed E-state index contributed by atoms with van der Waals surface area (Å²) in [4.78, 5) is 23.9. The maximum atomic E-state index is 12.0. The van der Waals surface area contributed by atoms with Gasteiger partial charge in [0.05, 0.1) is 19.7 Å². The van der Waals surface area contributed by atoms with E-state index in [1.165, 1.54) is 12.3 Å². The zero-order valence-electron chi connectivity index (χ0n) is 17.0. The van der Waals surface area contributed by atoms with Gasteiger partial charge in [-0.25, -0.2) is 10.2 Å². The van der Waals surface area contributed by atoms with E-state index < -0.39 is 5.97 Å². The second kappa shape index (κ2) is 11.1. The van der Waals surface area contributed by atoms with E-state index in [9.17, 15) is 9.59 Å². The molecule has 6 heteroatoms. The van der Waals surface area contributed by atoms with Crippen molar-refractivity contribution in [1.82, 2.24) is 5.43 Å². The van der Waals surface area contributed by atoms with Crippen LogP contribution in [0.1, 0.15) is 16.7 Å². The van der Waals surface area contributed by atoms with Gasteiger partial charge in [-0.05, 0) is 59.2 Å². The SMILES string of the molecule is COc1ccc(/C=C/C(=O)Oc2ccc(/C=N\NC(=O)Cc3ccccc3)cc2)cc1. The lowest BCUT2D eigenvalue weighted by molar-refractivity contribution is -0.129. The van der Waals surface area contributed by atoms with Gasteiger partial charge < -0.3 is 9.47 Å². The molecule has 1 N–H and O–H groups in total. The molecule has 0 spiro atoms. The number of hydrogen-bond donors (Lipinski definition) is 1. The van der Waals surface area contributed by atoms with Crippen molar-refractivity contribution in [1.29, 1.82) is 0 Å². The van der Waals surface area contributed by atoms with Crippen LogP contribution in [0.5, 0.6) is 11.5 Å². The Labute approximate surface area is 180 Å². The maximum absolute atomic E-state index is 12.0. The molecule has 0 saturated carbocycles. The van der Waals surface area contributed by atoms with Crippen molar-refractivity contribution in [3.05, 3.63) is 102 Å². The van der Waals surface area contributed by atoms with Gasteiger partial charge in [0.1, 0.15) is 11.5 Å². The summed E-state index contributed by atoms with van der Waals surface area (Å²) in [7, 11) is 1.60. The Hall–Kier alpha value is -4.19. The number of amides is 1. The predicted octanol–water partition coefficient (Wildman–Crippen LogP) is 4.01. The summed E-state index contributed by atoms with van der Waals surface area (Å²) in [6.45, 7) is 0. The number of hydrogen-bond acceptors (Lipinski definition) is 5. The van der Waals surface area contributed by atoms with Gasteiger partial charge in [-0.15, -0.1) is 0 Å². The van der Waals surface area contributed by atoms with E-state index in [2.05, 4.69) is 10.5 Å². The van der Waals surface area contributed by atoms with Crippen LogP contribution in [-0.4, -0.2) is 25.2 Å². The molecular formula is C25H22N2O4. The lowest BCUT2D eigenvalue weighted by Crippen LogP contribution is -2.19. The summed E-state index contributed by atoms with van der Waals surface area (Å²) < 4.78 is 10.4. The number of methoxy groups -OCH3 is 1. The molecule has 0 bridgehead atoms. The van der Waals surface area contributed by atoms with Crippen molar-refractivity contribution in [2.24, 2.45) is 5.10 Å². The quantitative estimate of drug-likeness (QED) is 0.199. The Morgan fingerprint density at radius 1 is 0.871 bits per heavy atom. The third-order valence-electron chi connectivity index (χ3n) is 4.24. The van der Waals surface area contributed by atoms with Crippen molar-refractivity contribution < 1.29 is 19.1 Å². The fraction of sp³-hybridized carbons (Fsp3) is 0.0800. The second-order valence-corrected chi connectivity index (χ2v) is 6.55. The van der Waals surface area contributed by atoms with E-state index in [1.54, 1.807) is 37.5 Å². The average Bonchev–Trinajstić information content (AvgIpc) is 2.80. The highest BCUT2D eigenvalue weighted by molar-refractivity contribution is 5.89. The smallest absolute Gasteiger partial charge is 0.336 e. The van der Waals surface area contributed by atoms with Crippen LogP contribution in [-0.2, 0) is 16.0 Å². The molecule has 0 aliphatic heterocycles. The van der Waals surface area contributed by atoms with Gasteiger partial charge in [-0.3, -0.25) is 4.79 Å². The summed E-state index contributed by atoms with van der Waals surface area (Å²) in [5.41, 5.74) is 5.03. The van der Waals surface area contributed by atoms with Crippen molar-refractivity contribution in [2.75, 3.05) is 7.11 Å². The highest BCUT2D eigenvalue weighted by Gasteiger charge is 2.02. The standard InChI is InChI=1S/C25H22N2O4/c1-30-22-12-7-19(8-13-22)11-16-25(29)31-23-14-9-21(10-15-23)18-26-27-24(28)17-20-5-3-2-4-6-20/h2-16,18H,17H2,1H3,(H,27,28)/b16-11+,26-18-. The largest absolute Gasteiger partial charge is 0.497 e. The first-order chi connectivity index (χ1) is 15.1. The monoisotopic (exact) mass is 414 g/mol. The highest BCUT2D eigenvalue weighted by Crippen LogP contribution is 2.14. The molecule has 0 saturated heterocycles. The molecule has 0 aromatic heterocycles. The van der Waals surface area contributed by atoms with Crippen molar-refractivity contribution in [3.63, 3.8) is 0 Å². The molecule has 31 heavy (non-hydrogen) atoms. The first kappa shape index (κ1) is 21.5. The molecule has 0 aliphatic carbocycles. The molecule has 6 nitrogen and oxygen atoms in total. The zero-order valence-corrected chi connectivity index (χ0v) is 17.0. The Morgan fingerprint density at radius 3 is 2.19 bits per heavy atom. The molecule has 0 aliphatic rings. The number of carbonyl (C=O) groups is 2. The predicted molar refractivity (Wildman–Crippen MR) is 120 cm³/mol. The highest BCUT2D eigenvalue weighted by atomic mass is 16.5. The number of nitrogens with zero attached hydrogens (tertiary/aromatic N) is 1. The van der Waals surface area contributed by atoms with E-state index in [-0.39, 0.29) is 12.3 Å². The van der Waals surface area contributed by atoms with Crippen LogP contribution < -0.4 is 14.9 Å². The van der Waals surface area contributed by atoms with Gasteiger partial charge in [-0.2, -0.15) is 5.10 Å². The van der Waals surface area contributed by atoms with Crippen LogP contribution in [0.2, 0.25) is 0 Å². The van der Waals surface area contributed by atoms with Gasteiger partial charge in [0.25, 0.3) is 0 Å². The maximum Gasteiger partial charge on any atom is 0.336 e. The molecule has 3 aromatic carbocycles. The van der Waals surface area contributed by atoms with Gasteiger partial charge in [0.15, 0.2) is 0 Å². The third kappa shape index (κ3) is 7.29. The number of ether oxygens (including phenoxy) is 2. The topological polar surface area (TPSA) is 77.0 Å². The van der Waals surface area contributed by atoms with Crippen LogP contribution in [0, 0.1) is 0 Å². The average molecular weight is 414 g/mol. The molecule has 0 unspecified atom stereocenters. The summed E-state index contributed by atoms with van der Waals surface area (Å²) in [5, 5.41) is 3.95. The van der Waals surface area contributed by atoms with E-state index >= 15 is 0 Å². The van der Waals surface area contributed by atoms with Gasteiger partial charge in [0, 0.05) is 6.08 Å². The van der Waals surface area contributed by atoms with Gasteiger partial charge in [0.2, 0.25) is 5.91 Å². The molecule has 1 amide bonds. The number of benzene rings is 3. The lowest BCUT2D eigenvalue weighted by atomic mass is 10.1. The van der Waals surface area contributed by atoms with Crippen LogP contribution >= 0.6 is 0 Å². The minimum Gasteiger partial charge on any atom is -0.497 e. The fourth-order valence-electron chi connectivity index (χ4n) is 2.65. The van der Waals surface area contributed by atoms with Crippen LogP contribution in [0.3, 0.4) is 0 Å². The number of carbonyl (C=O) groups excluding carboxylic acids is 2. The van der Waals surface area contributed by atoms with Crippen LogP contribution in [0.4, 0.5) is 0 Å². The number of nitrogens with one attached hydrogen (secondary N) is 1. The van der Waals surface area contributed by atoms with Crippen LogP contribution in [0.25, 0.3) is 6.08 Å². The molecule has 0 radical (unpaired) electrons. The Morgan fingerprint density at radius 2 is 1.52 bits per heavy atom. The minimum absolute atomic E-state index is 0.198. The summed E-state index contributed by atoms with van der Waals surface area (Å²) in [6, 6.07) is 23.5. The Bertz CT molecular complexity index is 1060. The summed E-state index contributed by atoms with van der Waals surface area (Å²) >= 11 is 0. The Kier molecular flexibility index (Phi) is 7.71. The van der Waals surface area contributed by atoms with E-state index in [0.717, 1.165) is 22.4 Å². The molecule has 0 atom stereocenters. The normalized spacial score (nSPS) is 10.9. The molecule has 0 fully saturated rings. The molecule has 156 valence electrons. The fourth-order valence-corrected chi connectivity index (χ4v) is 2.65. The first-order valence-electron chi connectivity index (χ1n) is 9.62. The molecule has 3 rings (SSSR count). The third-order valence-corrected chi connectivity index (χ3v) is 4.24. The zero-order chi connectivity index (χ0) is 21.9. The van der Waals surface area contributed by atoms with Crippen molar-refractivity contribution >= 4 is 24.2 Å². The number of rotatable bonds is 8. The molecule has 0 heterocycles. The number of esters is 1. The minimum atomic E-state index is -0.481. The van der Waals surface area contributed by atoms with Gasteiger partial charge >= 0.3 is 5.97 Å². The van der Waals surface area contributed by atoms with E-state index in [4.69, 9.17) is 9.47 Å². The molecular weight excluding hydrogens is 392 g/mol. The van der Waals surface area contributed by atoms with Crippen molar-refractivity contribution in [3.8, 4) is 11.5 Å². The first-order valence-corrected chi connectivity index (χ1v) is 9.62. The molecule has 3 aromatic rings. The van der Waals surface area contributed by atoms with Crippen LogP contribution in [0.15, 0.2) is 90.0 Å². The Balaban J connectivity index is 1.46.